The predicted molar refractivity (Wildman–Crippen MR) is 119 cm³/mol. The van der Waals surface area contributed by atoms with E-state index in [9.17, 15) is 30.7 Å². The van der Waals surface area contributed by atoms with Crippen LogP contribution in [0.5, 0.6) is 5.75 Å². The third kappa shape index (κ3) is 5.36. The van der Waals surface area contributed by atoms with Crippen LogP contribution in [-0.2, 0) is 10.8 Å². The van der Waals surface area contributed by atoms with Crippen molar-refractivity contribution in [2.75, 3.05) is 6.61 Å². The molecule has 0 spiro atoms. The molecule has 9 heteroatoms. The summed E-state index contributed by atoms with van der Waals surface area (Å²) in [5, 5.41) is 0. The van der Waals surface area contributed by atoms with Crippen molar-refractivity contribution in [1.82, 2.24) is 0 Å². The lowest BCUT2D eigenvalue weighted by Crippen LogP contribution is -2.22. The van der Waals surface area contributed by atoms with Crippen molar-refractivity contribution >= 4 is 0 Å². The summed E-state index contributed by atoms with van der Waals surface area (Å²) in [6.07, 6.45) is -1.13. The molecule has 0 N–H and O–H groups in total. The molecule has 1 heterocycles. The van der Waals surface area contributed by atoms with E-state index in [1.807, 2.05) is 0 Å². The Labute approximate surface area is 203 Å². The van der Waals surface area contributed by atoms with Gasteiger partial charge in [-0.05, 0) is 42.9 Å². The van der Waals surface area contributed by atoms with Gasteiger partial charge in [0.1, 0.15) is 5.75 Å². The van der Waals surface area contributed by atoms with Gasteiger partial charge in [-0.25, -0.2) is 22.0 Å². The highest BCUT2D eigenvalue weighted by Gasteiger charge is 2.35. The zero-order valence-electron chi connectivity index (χ0n) is 19.3. The first-order valence-corrected chi connectivity index (χ1v) is 11.5. The number of halogens is 7. The molecule has 1 fully saturated rings. The van der Waals surface area contributed by atoms with Gasteiger partial charge in [-0.15, -0.1) is 0 Å². The predicted octanol–water partition coefficient (Wildman–Crippen LogP) is 8.45. The average Bonchev–Trinajstić information content (AvgIpc) is 2.85. The van der Waals surface area contributed by atoms with Crippen LogP contribution in [0.1, 0.15) is 49.8 Å². The zero-order chi connectivity index (χ0) is 26.0. The minimum Gasteiger partial charge on any atom is -0.429 e. The van der Waals surface area contributed by atoms with Crippen LogP contribution in [0, 0.1) is 35.0 Å². The van der Waals surface area contributed by atoms with Gasteiger partial charge in [0.15, 0.2) is 29.1 Å². The summed E-state index contributed by atoms with van der Waals surface area (Å²) in [6, 6.07) is 7.49. The summed E-state index contributed by atoms with van der Waals surface area (Å²) in [7, 11) is 0. The van der Waals surface area contributed by atoms with E-state index < -0.39 is 52.6 Å². The summed E-state index contributed by atoms with van der Waals surface area (Å²) < 4.78 is 109. The van der Waals surface area contributed by atoms with Crippen LogP contribution < -0.4 is 4.74 Å². The summed E-state index contributed by atoms with van der Waals surface area (Å²) in [6.45, 7) is 2.56. The average molecular weight is 512 g/mol. The smallest absolute Gasteiger partial charge is 0.426 e. The molecule has 0 aromatic heterocycles. The number of benzene rings is 3. The molecular formula is C27H23F7O2. The number of hydrogen-bond donors (Lipinski definition) is 0. The van der Waals surface area contributed by atoms with E-state index in [0.717, 1.165) is 43.5 Å². The maximum absolute atomic E-state index is 14.9. The summed E-state index contributed by atoms with van der Waals surface area (Å²) in [5.41, 5.74) is -0.606. The topological polar surface area (TPSA) is 18.5 Å². The zero-order valence-corrected chi connectivity index (χ0v) is 19.3. The first-order valence-electron chi connectivity index (χ1n) is 11.5. The largest absolute Gasteiger partial charge is 0.429 e. The SMILES string of the molecule is CCCC1CCC(c2ccc(-c3ccc(C(F)(F)Oc4cc(F)c(F)c(F)c4)cc3)c(F)c2F)OC1. The molecule has 0 aliphatic carbocycles. The summed E-state index contributed by atoms with van der Waals surface area (Å²) >= 11 is 0. The number of hydrogen-bond acceptors (Lipinski definition) is 2. The van der Waals surface area contributed by atoms with Crippen LogP contribution in [-0.4, -0.2) is 6.61 Å². The molecule has 2 atom stereocenters. The van der Waals surface area contributed by atoms with Crippen LogP contribution in [0.2, 0.25) is 0 Å². The maximum Gasteiger partial charge on any atom is 0.426 e. The molecule has 0 bridgehead atoms. The van der Waals surface area contributed by atoms with Crippen molar-refractivity contribution in [2.45, 2.75) is 44.8 Å². The molecule has 1 saturated heterocycles. The highest BCUT2D eigenvalue weighted by Crippen LogP contribution is 2.38. The lowest BCUT2D eigenvalue weighted by Gasteiger charge is -2.29. The Hall–Kier alpha value is -3.07. The summed E-state index contributed by atoms with van der Waals surface area (Å²) in [5.74, 6) is -7.88. The molecule has 3 aromatic carbocycles. The lowest BCUT2D eigenvalue weighted by molar-refractivity contribution is -0.185. The van der Waals surface area contributed by atoms with Crippen LogP contribution in [0.4, 0.5) is 30.7 Å². The second-order valence-electron chi connectivity index (χ2n) is 8.78. The fourth-order valence-electron chi connectivity index (χ4n) is 4.37. The van der Waals surface area contributed by atoms with Gasteiger partial charge in [0.25, 0.3) is 0 Å². The molecule has 0 saturated carbocycles. The van der Waals surface area contributed by atoms with Crippen LogP contribution in [0.3, 0.4) is 0 Å². The fourth-order valence-corrected chi connectivity index (χ4v) is 4.37. The van der Waals surface area contributed by atoms with Gasteiger partial charge in [-0.3, -0.25) is 0 Å². The van der Waals surface area contributed by atoms with E-state index in [2.05, 4.69) is 11.7 Å². The normalized spacial score (nSPS) is 18.3. The van der Waals surface area contributed by atoms with Gasteiger partial charge in [-0.2, -0.15) is 8.78 Å². The molecule has 192 valence electrons. The van der Waals surface area contributed by atoms with Crippen molar-refractivity contribution in [3.05, 3.63) is 88.7 Å². The van der Waals surface area contributed by atoms with Crippen molar-refractivity contribution in [3.63, 3.8) is 0 Å². The van der Waals surface area contributed by atoms with Gasteiger partial charge in [0.05, 0.1) is 18.3 Å². The van der Waals surface area contributed by atoms with Gasteiger partial charge in [0.2, 0.25) is 0 Å². The second-order valence-corrected chi connectivity index (χ2v) is 8.78. The molecule has 2 nitrogen and oxygen atoms in total. The Balaban J connectivity index is 1.51. The van der Waals surface area contributed by atoms with Crippen LogP contribution >= 0.6 is 0 Å². The molecule has 0 radical (unpaired) electrons. The van der Waals surface area contributed by atoms with Gasteiger partial charge in [0, 0.05) is 23.3 Å². The molecule has 3 aromatic rings. The molecule has 2 unspecified atom stereocenters. The molecule has 0 amide bonds. The molecular weight excluding hydrogens is 489 g/mol. The minimum absolute atomic E-state index is 0.113. The number of alkyl halides is 2. The van der Waals surface area contributed by atoms with E-state index >= 15 is 0 Å². The van der Waals surface area contributed by atoms with E-state index in [0.29, 0.717) is 31.1 Å². The van der Waals surface area contributed by atoms with Crippen molar-refractivity contribution in [1.29, 1.82) is 0 Å². The summed E-state index contributed by atoms with van der Waals surface area (Å²) in [4.78, 5) is 0. The Morgan fingerprint density at radius 3 is 2.11 bits per heavy atom. The third-order valence-corrected chi connectivity index (χ3v) is 6.26. The van der Waals surface area contributed by atoms with E-state index in [-0.39, 0.29) is 16.7 Å². The minimum atomic E-state index is -4.04. The Morgan fingerprint density at radius 2 is 1.53 bits per heavy atom. The van der Waals surface area contributed by atoms with Gasteiger partial charge >= 0.3 is 6.11 Å². The third-order valence-electron chi connectivity index (χ3n) is 6.26. The van der Waals surface area contributed by atoms with Gasteiger partial charge in [-0.1, -0.05) is 37.6 Å². The van der Waals surface area contributed by atoms with E-state index in [1.54, 1.807) is 0 Å². The number of ether oxygens (including phenoxy) is 2. The Kier molecular flexibility index (Phi) is 7.59. The highest BCUT2D eigenvalue weighted by molar-refractivity contribution is 5.65. The van der Waals surface area contributed by atoms with Crippen LogP contribution in [0.25, 0.3) is 11.1 Å². The van der Waals surface area contributed by atoms with Crippen molar-refractivity contribution < 1.29 is 40.2 Å². The maximum atomic E-state index is 14.9. The fraction of sp³-hybridized carbons (Fsp3) is 0.333. The molecule has 4 rings (SSSR count). The number of rotatable bonds is 7. The Bertz CT molecular complexity index is 1200. The molecule has 36 heavy (non-hydrogen) atoms. The van der Waals surface area contributed by atoms with Crippen molar-refractivity contribution in [2.24, 2.45) is 5.92 Å². The standard InChI is InChI=1S/C27H23F7O2/c1-2-3-15-4-11-23(35-14-15)20-10-9-19(24(30)25(20)31)16-5-7-17(8-6-16)27(33,34)36-18-12-21(28)26(32)22(29)13-18/h5-10,12-13,15,23H,2-4,11,14H2,1H3. The van der Waals surface area contributed by atoms with E-state index in [1.165, 1.54) is 12.1 Å². The van der Waals surface area contributed by atoms with E-state index in [4.69, 9.17) is 4.74 Å². The first-order chi connectivity index (χ1) is 17.1. The van der Waals surface area contributed by atoms with Gasteiger partial charge < -0.3 is 9.47 Å². The second kappa shape index (κ2) is 10.5. The van der Waals surface area contributed by atoms with Crippen molar-refractivity contribution in [3.8, 4) is 16.9 Å². The monoisotopic (exact) mass is 512 g/mol. The quantitative estimate of drug-likeness (QED) is 0.234. The molecule has 1 aliphatic rings. The lowest BCUT2D eigenvalue weighted by atomic mass is 9.91. The highest BCUT2D eigenvalue weighted by atomic mass is 19.3. The first kappa shape index (κ1) is 26.0. The van der Waals surface area contributed by atoms with Crippen LogP contribution in [0.15, 0.2) is 48.5 Å². The Morgan fingerprint density at radius 1 is 0.861 bits per heavy atom. The molecule has 1 aliphatic heterocycles.